The third-order valence-corrected chi connectivity index (χ3v) is 11.3. The van der Waals surface area contributed by atoms with Gasteiger partial charge in [-0.05, 0) is 86.3 Å². The first kappa shape index (κ1) is 23.7. The van der Waals surface area contributed by atoms with Crippen LogP contribution in [0.15, 0.2) is 28.3 Å². The molecule has 0 saturated heterocycles. The molecule has 0 aromatic rings. The Morgan fingerprint density at radius 3 is 2.35 bits per heavy atom. The zero-order chi connectivity index (χ0) is 24.9. The minimum Gasteiger partial charge on any atom is -0.295 e. The van der Waals surface area contributed by atoms with Crippen molar-refractivity contribution < 1.29 is 9.59 Å². The van der Waals surface area contributed by atoms with E-state index in [4.69, 9.17) is 4.99 Å². The van der Waals surface area contributed by atoms with E-state index >= 15 is 0 Å². The molecule has 0 heterocycles. The van der Waals surface area contributed by atoms with Gasteiger partial charge < -0.3 is 0 Å². The maximum atomic E-state index is 14.1. The summed E-state index contributed by atoms with van der Waals surface area (Å²) in [6, 6.07) is 2.18. The van der Waals surface area contributed by atoms with Gasteiger partial charge in [0.15, 0.2) is 11.6 Å². The van der Waals surface area contributed by atoms with Crippen molar-refractivity contribution in [2.75, 3.05) is 0 Å². The lowest BCUT2D eigenvalue weighted by molar-refractivity contribution is -0.140. The van der Waals surface area contributed by atoms with Crippen molar-refractivity contribution in [2.45, 2.75) is 92.0 Å². The van der Waals surface area contributed by atoms with Gasteiger partial charge in [-0.1, -0.05) is 53.2 Å². The highest BCUT2D eigenvalue weighted by atomic mass is 16.1. The van der Waals surface area contributed by atoms with Crippen LogP contribution in [-0.4, -0.2) is 23.8 Å². The van der Waals surface area contributed by atoms with E-state index in [1.54, 1.807) is 0 Å². The van der Waals surface area contributed by atoms with E-state index in [0.29, 0.717) is 0 Å². The molecule has 7 atom stereocenters. The van der Waals surface area contributed by atoms with E-state index in [9.17, 15) is 14.9 Å². The van der Waals surface area contributed by atoms with Gasteiger partial charge >= 0.3 is 0 Å². The molecule has 0 aliphatic heterocycles. The van der Waals surface area contributed by atoms with Crippen LogP contribution in [0.4, 0.5) is 0 Å². The molecule has 34 heavy (non-hydrogen) atoms. The highest BCUT2D eigenvalue weighted by Gasteiger charge is 2.65. The Hall–Kier alpha value is -2.02. The second kappa shape index (κ2) is 7.02. The van der Waals surface area contributed by atoms with Crippen LogP contribution in [0.3, 0.4) is 0 Å². The van der Waals surface area contributed by atoms with Crippen LogP contribution >= 0.6 is 0 Å². The molecule has 4 nitrogen and oxygen atoms in total. The van der Waals surface area contributed by atoms with Gasteiger partial charge in [0.25, 0.3) is 0 Å². The molecular formula is C30H40N2O2. The van der Waals surface area contributed by atoms with Gasteiger partial charge in [0.05, 0.1) is 11.1 Å². The van der Waals surface area contributed by atoms with Gasteiger partial charge in [-0.15, -0.1) is 0 Å². The highest BCUT2D eigenvalue weighted by Crippen LogP contribution is 2.69. The number of fused-ring (bicyclic) bond motifs is 7. The molecule has 0 N–H and O–H groups in total. The van der Waals surface area contributed by atoms with Crippen molar-refractivity contribution >= 4 is 18.3 Å². The van der Waals surface area contributed by atoms with Crippen molar-refractivity contribution in [1.29, 1.82) is 5.26 Å². The van der Waals surface area contributed by atoms with E-state index < -0.39 is 10.8 Å². The van der Waals surface area contributed by atoms with Crippen LogP contribution in [0.25, 0.3) is 0 Å². The fourth-order valence-electron chi connectivity index (χ4n) is 9.52. The lowest BCUT2D eigenvalue weighted by atomic mass is 9.39. The average Bonchev–Trinajstić information content (AvgIpc) is 2.77. The quantitative estimate of drug-likeness (QED) is 0.433. The normalized spacial score (nSPS) is 46.5. The van der Waals surface area contributed by atoms with E-state index in [2.05, 4.69) is 40.5 Å². The molecule has 0 aromatic heterocycles. The van der Waals surface area contributed by atoms with Crippen LogP contribution in [0.2, 0.25) is 0 Å². The summed E-state index contributed by atoms with van der Waals surface area (Å²) in [4.78, 5) is 31.9. The molecule has 5 rings (SSSR count). The lowest BCUT2D eigenvalue weighted by Crippen LogP contribution is -2.61. The highest BCUT2D eigenvalue weighted by molar-refractivity contribution is 6.04. The Kier molecular flexibility index (Phi) is 4.90. The number of hydrogen-bond donors (Lipinski definition) is 0. The van der Waals surface area contributed by atoms with Crippen LogP contribution < -0.4 is 0 Å². The van der Waals surface area contributed by atoms with E-state index in [1.807, 2.05) is 26.0 Å². The number of nitriles is 1. The molecular weight excluding hydrogens is 420 g/mol. The summed E-state index contributed by atoms with van der Waals surface area (Å²) in [5.41, 5.74) is 0.314. The summed E-state index contributed by atoms with van der Waals surface area (Å²) >= 11 is 0. The first-order chi connectivity index (χ1) is 15.8. The third-order valence-electron chi connectivity index (χ3n) is 11.3. The Bertz CT molecular complexity index is 1090. The zero-order valence-corrected chi connectivity index (χ0v) is 21.8. The number of allylic oxidation sites excluding steroid dienone is 4. The Morgan fingerprint density at radius 2 is 1.71 bits per heavy atom. The molecule has 182 valence electrons. The van der Waals surface area contributed by atoms with Gasteiger partial charge in [0, 0.05) is 16.7 Å². The predicted molar refractivity (Wildman–Crippen MR) is 134 cm³/mol. The Morgan fingerprint density at radius 1 is 1.00 bits per heavy atom. The van der Waals surface area contributed by atoms with Crippen molar-refractivity contribution in [2.24, 2.45) is 50.3 Å². The number of Topliss-reactive ketones (excluding diaryl/α,β-unsaturated/α-hetero) is 1. The number of nitrogens with zero attached hydrogens (tertiary/aromatic N) is 2. The molecule has 7 unspecified atom stereocenters. The van der Waals surface area contributed by atoms with Crippen molar-refractivity contribution in [3.05, 3.63) is 23.3 Å². The van der Waals surface area contributed by atoms with Crippen LogP contribution in [0, 0.1) is 56.7 Å². The average molecular weight is 461 g/mol. The lowest BCUT2D eigenvalue weighted by Gasteiger charge is -2.64. The summed E-state index contributed by atoms with van der Waals surface area (Å²) < 4.78 is 0. The number of carbonyl (C=O) groups is 2. The second-order valence-corrected chi connectivity index (χ2v) is 13.9. The number of hydrogen-bond acceptors (Lipinski definition) is 4. The molecule has 5 aliphatic rings. The standard InChI is InChI=1S/C30H40N2O2/c1-26(2)12-13-30(32-7)11-8-19-24(20(30)16-26)21(33)14-23-28(19,5)10-9-22-27(3,4)25(34)18(17-31)15-29(22,23)6/h14-15,19-20,22,24H,7-13,16H2,1-6H3. The van der Waals surface area contributed by atoms with Gasteiger partial charge in [-0.3, -0.25) is 14.6 Å². The minimum absolute atomic E-state index is 0.00891. The van der Waals surface area contributed by atoms with Crippen molar-refractivity contribution in [3.63, 3.8) is 0 Å². The summed E-state index contributed by atoms with van der Waals surface area (Å²) in [5.74, 6) is 0.813. The first-order valence-corrected chi connectivity index (χ1v) is 13.2. The SMILES string of the molecule is C=NC12CCC3C(C(=O)C=C4C5(C)C=C(C#N)C(=O)C(C)(C)C5CCC43C)C1CC(C)(C)CC2. The predicted octanol–water partition coefficient (Wildman–Crippen LogP) is 6.27. The smallest absolute Gasteiger partial charge is 0.178 e. The van der Waals surface area contributed by atoms with Crippen LogP contribution in [-0.2, 0) is 9.59 Å². The maximum absolute atomic E-state index is 14.1. The third kappa shape index (κ3) is 2.85. The maximum Gasteiger partial charge on any atom is 0.178 e. The van der Waals surface area contributed by atoms with E-state index in [1.165, 1.54) is 5.57 Å². The zero-order valence-electron chi connectivity index (χ0n) is 21.8. The molecule has 0 amide bonds. The summed E-state index contributed by atoms with van der Waals surface area (Å²) in [6.45, 7) is 17.2. The van der Waals surface area contributed by atoms with Crippen molar-refractivity contribution in [3.8, 4) is 6.07 Å². The Labute approximate surface area is 205 Å². The molecule has 3 saturated carbocycles. The number of ketones is 2. The summed E-state index contributed by atoms with van der Waals surface area (Å²) in [5, 5.41) is 9.79. The van der Waals surface area contributed by atoms with Crippen molar-refractivity contribution in [1.82, 2.24) is 0 Å². The summed E-state index contributed by atoms with van der Waals surface area (Å²) in [6.07, 6.45) is 11.0. The number of aliphatic imine (C=N–C) groups is 1. The van der Waals surface area contributed by atoms with Crippen LogP contribution in [0.5, 0.6) is 0 Å². The van der Waals surface area contributed by atoms with E-state index in [0.717, 1.165) is 44.9 Å². The van der Waals surface area contributed by atoms with Crippen LogP contribution in [0.1, 0.15) is 86.5 Å². The molecule has 0 bridgehead atoms. The monoisotopic (exact) mass is 460 g/mol. The fraction of sp³-hybridized carbons (Fsp3) is 0.733. The fourth-order valence-corrected chi connectivity index (χ4v) is 9.52. The number of carbonyl (C=O) groups excluding carboxylic acids is 2. The molecule has 5 aliphatic carbocycles. The number of rotatable bonds is 1. The van der Waals surface area contributed by atoms with Gasteiger partial charge in [0.2, 0.25) is 0 Å². The van der Waals surface area contributed by atoms with Gasteiger partial charge in [0.1, 0.15) is 6.07 Å². The topological polar surface area (TPSA) is 70.3 Å². The molecule has 3 fully saturated rings. The molecule has 0 radical (unpaired) electrons. The summed E-state index contributed by atoms with van der Waals surface area (Å²) in [7, 11) is 0. The molecule has 0 aromatic carbocycles. The Balaban J connectivity index is 1.66. The van der Waals surface area contributed by atoms with Gasteiger partial charge in [-0.2, -0.15) is 5.26 Å². The first-order valence-electron chi connectivity index (χ1n) is 13.2. The largest absolute Gasteiger partial charge is 0.295 e. The minimum atomic E-state index is -0.613. The van der Waals surface area contributed by atoms with E-state index in [-0.39, 0.29) is 57.2 Å². The molecule has 4 heteroatoms. The molecule has 0 spiro atoms. The second-order valence-electron chi connectivity index (χ2n) is 13.9. The van der Waals surface area contributed by atoms with Gasteiger partial charge in [-0.25, -0.2) is 0 Å².